The molecule has 3 heteroatoms. The maximum absolute atomic E-state index is 5.86. The van der Waals surface area contributed by atoms with Crippen molar-refractivity contribution in [2.45, 2.75) is 20.4 Å². The lowest BCUT2D eigenvalue weighted by Crippen LogP contribution is -2.01. The van der Waals surface area contributed by atoms with Gasteiger partial charge in [0.25, 0.3) is 0 Å². The van der Waals surface area contributed by atoms with E-state index in [0.717, 1.165) is 18.0 Å². The lowest BCUT2D eigenvalue weighted by Gasteiger charge is -2.11. The molecule has 0 amide bonds. The summed E-state index contributed by atoms with van der Waals surface area (Å²) in [7, 11) is 0. The molecule has 0 fully saturated rings. The van der Waals surface area contributed by atoms with Gasteiger partial charge < -0.3 is 15.8 Å². The average molecular weight is 256 g/mol. The number of anilines is 2. The maximum atomic E-state index is 5.86. The molecule has 0 saturated heterocycles. The van der Waals surface area contributed by atoms with Crippen LogP contribution in [0.25, 0.3) is 0 Å². The van der Waals surface area contributed by atoms with Gasteiger partial charge in [-0.15, -0.1) is 0 Å². The van der Waals surface area contributed by atoms with Crippen molar-refractivity contribution in [1.29, 1.82) is 0 Å². The van der Waals surface area contributed by atoms with Gasteiger partial charge in [-0.1, -0.05) is 29.8 Å². The summed E-state index contributed by atoms with van der Waals surface area (Å²) in [6.45, 7) is 5.47. The normalized spacial score (nSPS) is 10.2. The fourth-order valence-corrected chi connectivity index (χ4v) is 2.00. The summed E-state index contributed by atoms with van der Waals surface area (Å²) >= 11 is 0. The first-order chi connectivity index (χ1) is 9.17. The van der Waals surface area contributed by atoms with Gasteiger partial charge in [-0.2, -0.15) is 0 Å². The van der Waals surface area contributed by atoms with Crippen LogP contribution in [0.1, 0.15) is 18.1 Å². The van der Waals surface area contributed by atoms with Crippen molar-refractivity contribution < 1.29 is 4.74 Å². The summed E-state index contributed by atoms with van der Waals surface area (Å²) in [6, 6.07) is 14.2. The molecule has 2 aromatic rings. The van der Waals surface area contributed by atoms with E-state index in [0.29, 0.717) is 12.3 Å². The van der Waals surface area contributed by atoms with Crippen LogP contribution in [0, 0.1) is 6.92 Å². The first-order valence-electron chi connectivity index (χ1n) is 6.50. The fourth-order valence-electron chi connectivity index (χ4n) is 2.00. The topological polar surface area (TPSA) is 47.3 Å². The first kappa shape index (κ1) is 13.3. The second-order valence-electron chi connectivity index (χ2n) is 4.57. The third-order valence-electron chi connectivity index (χ3n) is 2.82. The van der Waals surface area contributed by atoms with Gasteiger partial charge in [-0.05, 0) is 25.5 Å². The minimum atomic E-state index is 0.640. The van der Waals surface area contributed by atoms with Gasteiger partial charge in [0, 0.05) is 30.1 Å². The highest BCUT2D eigenvalue weighted by Crippen LogP contribution is 2.23. The Bertz CT molecular complexity index is 552. The number of nitrogens with one attached hydrogen (secondary N) is 1. The predicted molar refractivity (Wildman–Crippen MR) is 80.5 cm³/mol. The monoisotopic (exact) mass is 256 g/mol. The second-order valence-corrected chi connectivity index (χ2v) is 4.57. The average Bonchev–Trinajstić information content (AvgIpc) is 2.36. The molecule has 100 valence electrons. The van der Waals surface area contributed by atoms with Gasteiger partial charge in [-0.3, -0.25) is 0 Å². The van der Waals surface area contributed by atoms with Crippen molar-refractivity contribution in [3.63, 3.8) is 0 Å². The molecule has 0 aromatic heterocycles. The SMILES string of the molecule is CCOc1cc(N)cc(NCc2cccc(C)c2)c1. The number of rotatable bonds is 5. The summed E-state index contributed by atoms with van der Waals surface area (Å²) in [4.78, 5) is 0. The van der Waals surface area contributed by atoms with Crippen molar-refractivity contribution >= 4 is 11.4 Å². The molecule has 0 heterocycles. The fraction of sp³-hybridized carbons (Fsp3) is 0.250. The van der Waals surface area contributed by atoms with Crippen LogP contribution in [0.3, 0.4) is 0 Å². The molecule has 3 nitrogen and oxygen atoms in total. The maximum Gasteiger partial charge on any atom is 0.123 e. The smallest absolute Gasteiger partial charge is 0.123 e. The summed E-state index contributed by atoms with van der Waals surface area (Å²) in [5, 5.41) is 3.37. The van der Waals surface area contributed by atoms with E-state index in [1.165, 1.54) is 11.1 Å². The predicted octanol–water partition coefficient (Wildman–Crippen LogP) is 3.59. The highest BCUT2D eigenvalue weighted by Gasteiger charge is 2.00. The standard InChI is InChI=1S/C16H20N2O/c1-3-19-16-9-14(17)8-15(10-16)18-11-13-6-4-5-12(2)7-13/h4-10,18H,3,11,17H2,1-2H3. The van der Waals surface area contributed by atoms with Gasteiger partial charge in [0.1, 0.15) is 5.75 Å². The Balaban J connectivity index is 2.06. The number of ether oxygens (including phenoxy) is 1. The Kier molecular flexibility index (Phi) is 4.29. The Labute approximate surface area is 114 Å². The van der Waals surface area contributed by atoms with Gasteiger partial charge in [0.15, 0.2) is 0 Å². The van der Waals surface area contributed by atoms with Gasteiger partial charge in [-0.25, -0.2) is 0 Å². The number of hydrogen-bond donors (Lipinski definition) is 2. The Morgan fingerprint density at radius 1 is 1.16 bits per heavy atom. The summed E-state index contributed by atoms with van der Waals surface area (Å²) in [5.74, 6) is 0.800. The number of nitrogens with two attached hydrogens (primary N) is 1. The Hall–Kier alpha value is -2.16. The molecule has 0 unspecified atom stereocenters. The number of nitrogen functional groups attached to an aromatic ring is 1. The molecule has 19 heavy (non-hydrogen) atoms. The van der Waals surface area contributed by atoms with Crippen LogP contribution in [0.5, 0.6) is 5.75 Å². The number of benzene rings is 2. The molecule has 0 saturated carbocycles. The van der Waals surface area contributed by atoms with E-state index in [4.69, 9.17) is 10.5 Å². The molecule has 0 aliphatic carbocycles. The van der Waals surface area contributed by atoms with E-state index in [2.05, 4.69) is 36.5 Å². The lowest BCUT2D eigenvalue weighted by atomic mass is 10.1. The zero-order valence-corrected chi connectivity index (χ0v) is 11.4. The van der Waals surface area contributed by atoms with Crippen LogP contribution in [-0.2, 0) is 6.54 Å². The Morgan fingerprint density at radius 2 is 2.00 bits per heavy atom. The van der Waals surface area contributed by atoms with E-state index in [-0.39, 0.29) is 0 Å². The van der Waals surface area contributed by atoms with Crippen LogP contribution in [0.15, 0.2) is 42.5 Å². The van der Waals surface area contributed by atoms with Crippen LogP contribution in [-0.4, -0.2) is 6.61 Å². The highest BCUT2D eigenvalue weighted by atomic mass is 16.5. The highest BCUT2D eigenvalue weighted by molar-refractivity contribution is 5.59. The van der Waals surface area contributed by atoms with Crippen molar-refractivity contribution in [2.75, 3.05) is 17.7 Å². The van der Waals surface area contributed by atoms with E-state index in [9.17, 15) is 0 Å². The van der Waals surface area contributed by atoms with Crippen LogP contribution in [0.4, 0.5) is 11.4 Å². The van der Waals surface area contributed by atoms with E-state index in [1.54, 1.807) is 0 Å². The van der Waals surface area contributed by atoms with Gasteiger partial charge in [0.2, 0.25) is 0 Å². The minimum Gasteiger partial charge on any atom is -0.494 e. The van der Waals surface area contributed by atoms with Crippen molar-refractivity contribution in [3.05, 3.63) is 53.6 Å². The molecule has 0 aliphatic rings. The molecular weight excluding hydrogens is 236 g/mol. The van der Waals surface area contributed by atoms with Gasteiger partial charge >= 0.3 is 0 Å². The zero-order chi connectivity index (χ0) is 13.7. The van der Waals surface area contributed by atoms with E-state index < -0.39 is 0 Å². The van der Waals surface area contributed by atoms with Crippen molar-refractivity contribution in [3.8, 4) is 5.75 Å². The molecular formula is C16H20N2O. The lowest BCUT2D eigenvalue weighted by molar-refractivity contribution is 0.340. The van der Waals surface area contributed by atoms with Crippen LogP contribution >= 0.6 is 0 Å². The second kappa shape index (κ2) is 6.14. The van der Waals surface area contributed by atoms with Crippen molar-refractivity contribution in [1.82, 2.24) is 0 Å². The molecule has 0 spiro atoms. The quantitative estimate of drug-likeness (QED) is 0.804. The molecule has 2 aromatic carbocycles. The van der Waals surface area contributed by atoms with Crippen LogP contribution < -0.4 is 15.8 Å². The van der Waals surface area contributed by atoms with Crippen molar-refractivity contribution in [2.24, 2.45) is 0 Å². The number of hydrogen-bond acceptors (Lipinski definition) is 3. The third-order valence-corrected chi connectivity index (χ3v) is 2.82. The van der Waals surface area contributed by atoms with E-state index >= 15 is 0 Å². The van der Waals surface area contributed by atoms with E-state index in [1.807, 2.05) is 25.1 Å². The largest absolute Gasteiger partial charge is 0.494 e. The summed E-state index contributed by atoms with van der Waals surface area (Å²) < 4.78 is 5.48. The first-order valence-corrected chi connectivity index (χ1v) is 6.50. The summed E-state index contributed by atoms with van der Waals surface area (Å²) in [6.07, 6.45) is 0. The molecule has 0 radical (unpaired) electrons. The van der Waals surface area contributed by atoms with Gasteiger partial charge in [0.05, 0.1) is 6.61 Å². The zero-order valence-electron chi connectivity index (χ0n) is 11.4. The third kappa shape index (κ3) is 3.91. The molecule has 0 bridgehead atoms. The minimum absolute atomic E-state index is 0.640. The molecule has 2 rings (SSSR count). The molecule has 0 aliphatic heterocycles. The molecule has 0 atom stereocenters. The summed E-state index contributed by atoms with van der Waals surface area (Å²) in [5.41, 5.74) is 10.1. The molecule has 3 N–H and O–H groups in total. The van der Waals surface area contributed by atoms with Crippen LogP contribution in [0.2, 0.25) is 0 Å². The number of aryl methyl sites for hydroxylation is 1. The Morgan fingerprint density at radius 3 is 2.74 bits per heavy atom.